The molecule has 1 aliphatic rings. The zero-order chi connectivity index (χ0) is 16.1. The van der Waals surface area contributed by atoms with Gasteiger partial charge in [0.05, 0.1) is 12.4 Å². The molecule has 2 aromatic rings. The Bertz CT molecular complexity index is 641. The summed E-state index contributed by atoms with van der Waals surface area (Å²) >= 11 is 0. The van der Waals surface area contributed by atoms with Crippen LogP contribution in [0.4, 0.5) is 0 Å². The van der Waals surface area contributed by atoms with E-state index in [2.05, 4.69) is 10.6 Å². The number of para-hydroxylation sites is 1. The normalized spacial score (nSPS) is 20.4. The lowest BCUT2D eigenvalue weighted by Crippen LogP contribution is -2.34. The number of nitrogens with one attached hydrogen (secondary N) is 2. The van der Waals surface area contributed by atoms with Crippen LogP contribution in [-0.4, -0.2) is 36.8 Å². The standard InChI is InChI=1S/C17H20N2O4/c20-15-10-18-8-13(15)9-19-17(21)16-12(6-7-22-16)11-23-14-4-2-1-3-5-14/h1-7,13,15,18,20H,8-11H2,(H,19,21). The Balaban J connectivity index is 1.55. The zero-order valence-electron chi connectivity index (χ0n) is 12.7. The maximum absolute atomic E-state index is 12.2. The summed E-state index contributed by atoms with van der Waals surface area (Å²) in [5.74, 6) is 0.722. The molecule has 1 aliphatic heterocycles. The molecule has 0 radical (unpaired) electrons. The lowest BCUT2D eigenvalue weighted by atomic mass is 10.1. The molecule has 0 bridgehead atoms. The van der Waals surface area contributed by atoms with Gasteiger partial charge < -0.3 is 24.9 Å². The summed E-state index contributed by atoms with van der Waals surface area (Å²) in [5.41, 5.74) is 0.691. The number of rotatable bonds is 6. The van der Waals surface area contributed by atoms with Crippen molar-refractivity contribution in [1.29, 1.82) is 0 Å². The maximum atomic E-state index is 12.2. The minimum Gasteiger partial charge on any atom is -0.489 e. The van der Waals surface area contributed by atoms with Crippen LogP contribution in [0.15, 0.2) is 47.1 Å². The molecule has 6 nitrogen and oxygen atoms in total. The van der Waals surface area contributed by atoms with Gasteiger partial charge in [-0.3, -0.25) is 4.79 Å². The molecule has 0 spiro atoms. The smallest absolute Gasteiger partial charge is 0.287 e. The van der Waals surface area contributed by atoms with Crippen LogP contribution in [0.25, 0.3) is 0 Å². The van der Waals surface area contributed by atoms with Crippen molar-refractivity contribution in [3.8, 4) is 5.75 Å². The van der Waals surface area contributed by atoms with Gasteiger partial charge in [0.1, 0.15) is 12.4 Å². The van der Waals surface area contributed by atoms with E-state index in [0.717, 1.165) is 5.75 Å². The lowest BCUT2D eigenvalue weighted by Gasteiger charge is -2.13. The Labute approximate surface area is 134 Å². The van der Waals surface area contributed by atoms with Gasteiger partial charge >= 0.3 is 0 Å². The number of carbonyl (C=O) groups excluding carboxylic acids is 1. The van der Waals surface area contributed by atoms with Crippen LogP contribution in [0, 0.1) is 5.92 Å². The molecular formula is C17H20N2O4. The minimum atomic E-state index is -0.423. The van der Waals surface area contributed by atoms with E-state index in [1.165, 1.54) is 6.26 Å². The van der Waals surface area contributed by atoms with Crippen LogP contribution in [0.5, 0.6) is 5.75 Å². The number of β-amino-alcohol motifs (C(OH)–C–C–N with tert-alkyl or cyclic N) is 1. The van der Waals surface area contributed by atoms with Crippen LogP contribution in [0.2, 0.25) is 0 Å². The highest BCUT2D eigenvalue weighted by molar-refractivity contribution is 5.92. The molecule has 23 heavy (non-hydrogen) atoms. The summed E-state index contributed by atoms with van der Waals surface area (Å²) in [6.45, 7) is 1.94. The Morgan fingerprint density at radius 2 is 2.13 bits per heavy atom. The number of ether oxygens (including phenoxy) is 1. The highest BCUT2D eigenvalue weighted by Crippen LogP contribution is 2.16. The molecule has 2 atom stereocenters. The van der Waals surface area contributed by atoms with Gasteiger partial charge in [-0.15, -0.1) is 0 Å². The molecule has 1 aromatic heterocycles. The van der Waals surface area contributed by atoms with Crippen molar-refractivity contribution in [1.82, 2.24) is 10.6 Å². The molecule has 1 aromatic carbocycles. The molecule has 0 aliphatic carbocycles. The van der Waals surface area contributed by atoms with Gasteiger partial charge in [-0.05, 0) is 18.2 Å². The predicted octanol–water partition coefficient (Wildman–Crippen LogP) is 1.17. The van der Waals surface area contributed by atoms with Crippen molar-refractivity contribution in [2.45, 2.75) is 12.7 Å². The first-order valence-electron chi connectivity index (χ1n) is 7.65. The average molecular weight is 316 g/mol. The molecule has 6 heteroatoms. The highest BCUT2D eigenvalue weighted by Gasteiger charge is 2.26. The van der Waals surface area contributed by atoms with E-state index in [1.807, 2.05) is 30.3 Å². The quantitative estimate of drug-likeness (QED) is 0.745. The third kappa shape index (κ3) is 3.91. The number of furan rings is 1. The van der Waals surface area contributed by atoms with Crippen LogP contribution >= 0.6 is 0 Å². The van der Waals surface area contributed by atoms with Crippen LogP contribution in [0.1, 0.15) is 16.1 Å². The fourth-order valence-corrected chi connectivity index (χ4v) is 2.56. The van der Waals surface area contributed by atoms with Crippen LogP contribution in [0.3, 0.4) is 0 Å². The van der Waals surface area contributed by atoms with Crippen molar-refractivity contribution < 1.29 is 19.1 Å². The Morgan fingerprint density at radius 3 is 2.87 bits per heavy atom. The number of aliphatic hydroxyl groups is 1. The first-order chi connectivity index (χ1) is 11.2. The van der Waals surface area contributed by atoms with E-state index in [-0.39, 0.29) is 24.2 Å². The largest absolute Gasteiger partial charge is 0.489 e. The number of aliphatic hydroxyl groups excluding tert-OH is 1. The Morgan fingerprint density at radius 1 is 1.30 bits per heavy atom. The minimum absolute atomic E-state index is 0.0259. The fourth-order valence-electron chi connectivity index (χ4n) is 2.56. The molecule has 1 amide bonds. The van der Waals surface area contributed by atoms with E-state index < -0.39 is 6.10 Å². The summed E-state index contributed by atoms with van der Waals surface area (Å²) < 4.78 is 10.9. The molecule has 3 N–H and O–H groups in total. The van der Waals surface area contributed by atoms with E-state index >= 15 is 0 Å². The second kappa shape index (κ2) is 7.30. The first kappa shape index (κ1) is 15.6. The fraction of sp³-hybridized carbons (Fsp3) is 0.353. The summed E-state index contributed by atoms with van der Waals surface area (Å²) in [6, 6.07) is 11.1. The van der Waals surface area contributed by atoms with Crippen molar-refractivity contribution in [3.05, 3.63) is 54.0 Å². The van der Waals surface area contributed by atoms with Gasteiger partial charge in [0.25, 0.3) is 5.91 Å². The number of carbonyl (C=O) groups is 1. The van der Waals surface area contributed by atoms with Gasteiger partial charge in [0, 0.05) is 31.1 Å². The number of amides is 1. The zero-order valence-corrected chi connectivity index (χ0v) is 12.7. The SMILES string of the molecule is O=C(NCC1CNCC1O)c1occc1COc1ccccc1. The topological polar surface area (TPSA) is 83.7 Å². The summed E-state index contributed by atoms with van der Waals surface area (Å²) in [5, 5.41) is 15.6. The van der Waals surface area contributed by atoms with Gasteiger partial charge in [0.2, 0.25) is 0 Å². The lowest BCUT2D eigenvalue weighted by molar-refractivity contribution is 0.0896. The van der Waals surface area contributed by atoms with Crippen molar-refractivity contribution in [3.63, 3.8) is 0 Å². The monoisotopic (exact) mass is 316 g/mol. The van der Waals surface area contributed by atoms with E-state index in [4.69, 9.17) is 9.15 Å². The average Bonchev–Trinajstić information content (AvgIpc) is 3.20. The highest BCUT2D eigenvalue weighted by atomic mass is 16.5. The van der Waals surface area contributed by atoms with E-state index in [0.29, 0.717) is 25.2 Å². The van der Waals surface area contributed by atoms with Gasteiger partial charge in [-0.1, -0.05) is 18.2 Å². The molecule has 2 unspecified atom stereocenters. The van der Waals surface area contributed by atoms with E-state index in [9.17, 15) is 9.90 Å². The summed E-state index contributed by atoms with van der Waals surface area (Å²) in [7, 11) is 0. The second-order valence-corrected chi connectivity index (χ2v) is 5.57. The molecule has 0 saturated carbocycles. The van der Waals surface area contributed by atoms with Gasteiger partial charge in [0.15, 0.2) is 5.76 Å². The summed E-state index contributed by atoms with van der Waals surface area (Å²) in [6.07, 6.45) is 1.05. The third-order valence-corrected chi connectivity index (χ3v) is 3.92. The number of hydrogen-bond donors (Lipinski definition) is 3. The first-order valence-corrected chi connectivity index (χ1v) is 7.65. The third-order valence-electron chi connectivity index (χ3n) is 3.92. The van der Waals surface area contributed by atoms with Crippen molar-refractivity contribution in [2.75, 3.05) is 19.6 Å². The second-order valence-electron chi connectivity index (χ2n) is 5.57. The molecule has 122 valence electrons. The molecular weight excluding hydrogens is 296 g/mol. The number of hydrogen-bond acceptors (Lipinski definition) is 5. The van der Waals surface area contributed by atoms with Crippen molar-refractivity contribution >= 4 is 5.91 Å². The van der Waals surface area contributed by atoms with E-state index in [1.54, 1.807) is 6.07 Å². The maximum Gasteiger partial charge on any atom is 0.287 e. The number of benzene rings is 1. The molecule has 1 saturated heterocycles. The van der Waals surface area contributed by atoms with Gasteiger partial charge in [-0.2, -0.15) is 0 Å². The Hall–Kier alpha value is -2.31. The molecule has 3 rings (SSSR count). The predicted molar refractivity (Wildman–Crippen MR) is 84.2 cm³/mol. The van der Waals surface area contributed by atoms with Crippen molar-refractivity contribution in [2.24, 2.45) is 5.92 Å². The Kier molecular flexibility index (Phi) is 4.95. The molecule has 1 fully saturated rings. The van der Waals surface area contributed by atoms with Gasteiger partial charge in [-0.25, -0.2) is 0 Å². The van der Waals surface area contributed by atoms with Crippen LogP contribution < -0.4 is 15.4 Å². The van der Waals surface area contributed by atoms with Crippen LogP contribution in [-0.2, 0) is 6.61 Å². The summed E-state index contributed by atoms with van der Waals surface area (Å²) in [4.78, 5) is 12.2. The molecule has 2 heterocycles.